The third kappa shape index (κ3) is 2.82. The van der Waals surface area contributed by atoms with Gasteiger partial charge in [-0.3, -0.25) is 4.68 Å². The van der Waals surface area contributed by atoms with Crippen molar-refractivity contribution in [1.82, 2.24) is 9.78 Å². The van der Waals surface area contributed by atoms with Crippen LogP contribution in [0.4, 0.5) is 19.0 Å². The number of halogens is 3. The van der Waals surface area contributed by atoms with Gasteiger partial charge in [-0.15, -0.1) is 0 Å². The lowest BCUT2D eigenvalue weighted by molar-refractivity contribution is -0.138. The van der Waals surface area contributed by atoms with E-state index >= 15 is 0 Å². The van der Waals surface area contributed by atoms with Crippen molar-refractivity contribution < 1.29 is 13.2 Å². The zero-order chi connectivity index (χ0) is 13.2. The quantitative estimate of drug-likeness (QED) is 0.913. The summed E-state index contributed by atoms with van der Waals surface area (Å²) in [5, 5.41) is 6.90. The largest absolute Gasteiger partial charge is 0.416 e. The van der Waals surface area contributed by atoms with E-state index in [0.29, 0.717) is 5.82 Å². The van der Waals surface area contributed by atoms with Crippen LogP contribution in [0.25, 0.3) is 0 Å². The van der Waals surface area contributed by atoms with Crippen LogP contribution in [-0.2, 0) is 19.8 Å². The number of hydrogen-bond donors (Lipinski definition) is 1. The summed E-state index contributed by atoms with van der Waals surface area (Å²) in [5.41, 5.74) is -0.413. The van der Waals surface area contributed by atoms with Crippen LogP contribution >= 0.6 is 0 Å². The van der Waals surface area contributed by atoms with E-state index in [4.69, 9.17) is 0 Å². The van der Waals surface area contributed by atoms with Gasteiger partial charge in [0.2, 0.25) is 0 Å². The highest BCUT2D eigenvalue weighted by molar-refractivity contribution is 5.37. The lowest BCUT2D eigenvalue weighted by Crippen LogP contribution is -2.11. The molecule has 0 atom stereocenters. The van der Waals surface area contributed by atoms with Crippen molar-refractivity contribution in [1.29, 1.82) is 0 Å². The molecule has 2 aromatic rings. The maximum atomic E-state index is 12.7. The molecule has 0 aliphatic carbocycles. The lowest BCUT2D eigenvalue weighted by Gasteiger charge is -2.12. The molecule has 0 spiro atoms. The Morgan fingerprint density at radius 1 is 1.22 bits per heavy atom. The molecule has 0 aliphatic heterocycles. The molecule has 2 rings (SSSR count). The smallest absolute Gasteiger partial charge is 0.365 e. The average molecular weight is 255 g/mol. The molecule has 0 fully saturated rings. The molecule has 96 valence electrons. The predicted octanol–water partition coefficient (Wildman–Crippen LogP) is 3.05. The van der Waals surface area contributed by atoms with Gasteiger partial charge in [0, 0.05) is 25.9 Å². The second kappa shape index (κ2) is 4.72. The third-order valence-corrected chi connectivity index (χ3v) is 2.50. The van der Waals surface area contributed by atoms with Crippen molar-refractivity contribution in [3.8, 4) is 0 Å². The molecule has 0 saturated carbocycles. The van der Waals surface area contributed by atoms with Gasteiger partial charge in [-0.25, -0.2) is 0 Å². The maximum absolute atomic E-state index is 12.7. The minimum absolute atomic E-state index is 0.0900. The highest BCUT2D eigenvalue weighted by Gasteiger charge is 2.32. The molecule has 0 amide bonds. The van der Waals surface area contributed by atoms with E-state index in [1.165, 1.54) is 12.1 Å². The fourth-order valence-electron chi connectivity index (χ4n) is 1.65. The molecule has 1 aromatic heterocycles. The van der Waals surface area contributed by atoms with E-state index in [1.807, 2.05) is 0 Å². The van der Waals surface area contributed by atoms with Gasteiger partial charge in [0.05, 0.1) is 5.56 Å². The second-order valence-corrected chi connectivity index (χ2v) is 3.88. The van der Waals surface area contributed by atoms with Gasteiger partial charge < -0.3 is 5.32 Å². The molecule has 1 aromatic carbocycles. The van der Waals surface area contributed by atoms with Gasteiger partial charge in [-0.05, 0) is 11.6 Å². The Hall–Kier alpha value is -1.98. The second-order valence-electron chi connectivity index (χ2n) is 3.88. The Balaban J connectivity index is 2.14. The molecular weight excluding hydrogens is 243 g/mol. The molecular formula is C12H12F3N3. The average Bonchev–Trinajstić information content (AvgIpc) is 2.72. The van der Waals surface area contributed by atoms with Gasteiger partial charge in [0.1, 0.15) is 5.82 Å². The van der Waals surface area contributed by atoms with Crippen LogP contribution in [0.2, 0.25) is 0 Å². The van der Waals surface area contributed by atoms with Crippen LogP contribution in [0.15, 0.2) is 36.5 Å². The summed E-state index contributed by atoms with van der Waals surface area (Å²) in [6.07, 6.45) is -2.61. The molecule has 0 radical (unpaired) electrons. The number of benzene rings is 1. The molecule has 6 heteroatoms. The molecule has 1 heterocycles. The molecule has 0 saturated heterocycles. The third-order valence-electron chi connectivity index (χ3n) is 2.50. The molecule has 0 unspecified atom stereocenters. The number of anilines is 1. The highest BCUT2D eigenvalue weighted by atomic mass is 19.4. The Morgan fingerprint density at radius 2 is 1.94 bits per heavy atom. The highest BCUT2D eigenvalue weighted by Crippen LogP contribution is 2.32. The van der Waals surface area contributed by atoms with E-state index in [1.54, 1.807) is 30.1 Å². The Bertz CT molecular complexity index is 531. The summed E-state index contributed by atoms with van der Waals surface area (Å²) in [6.45, 7) is 0.0900. The van der Waals surface area contributed by atoms with Crippen LogP contribution in [0.5, 0.6) is 0 Å². The van der Waals surface area contributed by atoms with Crippen molar-refractivity contribution in [3.05, 3.63) is 47.7 Å². The van der Waals surface area contributed by atoms with Crippen molar-refractivity contribution in [3.63, 3.8) is 0 Å². The van der Waals surface area contributed by atoms with Crippen LogP contribution in [0.1, 0.15) is 11.1 Å². The van der Waals surface area contributed by atoms with Crippen molar-refractivity contribution in [2.24, 2.45) is 7.05 Å². The van der Waals surface area contributed by atoms with Crippen molar-refractivity contribution >= 4 is 5.82 Å². The molecule has 0 bridgehead atoms. The van der Waals surface area contributed by atoms with E-state index in [2.05, 4.69) is 10.4 Å². The van der Waals surface area contributed by atoms with Crippen LogP contribution < -0.4 is 5.32 Å². The number of alkyl halides is 3. The zero-order valence-corrected chi connectivity index (χ0v) is 9.70. The van der Waals surface area contributed by atoms with Gasteiger partial charge in [0.15, 0.2) is 0 Å². The number of nitrogens with zero attached hydrogens (tertiary/aromatic N) is 2. The number of hydrogen-bond acceptors (Lipinski definition) is 2. The minimum atomic E-state index is -4.33. The summed E-state index contributed by atoms with van der Waals surface area (Å²) in [4.78, 5) is 0. The molecule has 1 N–H and O–H groups in total. The summed E-state index contributed by atoms with van der Waals surface area (Å²) in [6, 6.07) is 7.21. The van der Waals surface area contributed by atoms with E-state index in [-0.39, 0.29) is 12.1 Å². The monoisotopic (exact) mass is 255 g/mol. The Labute approximate surface area is 102 Å². The van der Waals surface area contributed by atoms with Gasteiger partial charge in [-0.1, -0.05) is 18.2 Å². The van der Waals surface area contributed by atoms with Gasteiger partial charge in [0.25, 0.3) is 0 Å². The first-order valence-electron chi connectivity index (χ1n) is 5.35. The van der Waals surface area contributed by atoms with E-state index in [0.717, 1.165) is 6.07 Å². The standard InChI is InChI=1S/C12H12F3N3/c1-18-7-6-11(17-18)16-8-9-4-2-3-5-10(9)12(13,14)15/h2-7H,8H2,1H3,(H,16,17). The molecule has 0 aliphatic rings. The molecule has 18 heavy (non-hydrogen) atoms. The first-order valence-corrected chi connectivity index (χ1v) is 5.35. The number of aromatic nitrogens is 2. The summed E-state index contributed by atoms with van der Waals surface area (Å²) >= 11 is 0. The number of nitrogens with one attached hydrogen (secondary N) is 1. The van der Waals surface area contributed by atoms with Gasteiger partial charge >= 0.3 is 6.18 Å². The minimum Gasteiger partial charge on any atom is -0.365 e. The first-order chi connectivity index (χ1) is 8.47. The van der Waals surface area contributed by atoms with Crippen molar-refractivity contribution in [2.45, 2.75) is 12.7 Å². The Kier molecular flexibility index (Phi) is 3.27. The SMILES string of the molecule is Cn1ccc(NCc2ccccc2C(F)(F)F)n1. The first kappa shape index (κ1) is 12.5. The number of rotatable bonds is 3. The van der Waals surface area contributed by atoms with Crippen LogP contribution in [-0.4, -0.2) is 9.78 Å². The lowest BCUT2D eigenvalue weighted by atomic mass is 10.1. The van der Waals surface area contributed by atoms with Gasteiger partial charge in [-0.2, -0.15) is 18.3 Å². The summed E-state index contributed by atoms with van der Waals surface area (Å²) < 4.78 is 39.8. The Morgan fingerprint density at radius 3 is 2.56 bits per heavy atom. The fraction of sp³-hybridized carbons (Fsp3) is 0.250. The van der Waals surface area contributed by atoms with Crippen molar-refractivity contribution in [2.75, 3.05) is 5.32 Å². The summed E-state index contributed by atoms with van der Waals surface area (Å²) in [5.74, 6) is 0.550. The normalized spacial score (nSPS) is 11.6. The number of aryl methyl sites for hydroxylation is 1. The predicted molar refractivity (Wildman–Crippen MR) is 62.0 cm³/mol. The summed E-state index contributed by atoms with van der Waals surface area (Å²) in [7, 11) is 1.74. The topological polar surface area (TPSA) is 29.9 Å². The van der Waals surface area contributed by atoms with E-state index < -0.39 is 11.7 Å². The fourth-order valence-corrected chi connectivity index (χ4v) is 1.65. The van der Waals surface area contributed by atoms with Crippen LogP contribution in [0.3, 0.4) is 0 Å². The van der Waals surface area contributed by atoms with Crippen LogP contribution in [0, 0.1) is 0 Å². The maximum Gasteiger partial charge on any atom is 0.416 e. The molecule has 3 nitrogen and oxygen atoms in total. The zero-order valence-electron chi connectivity index (χ0n) is 9.70. The van der Waals surface area contributed by atoms with E-state index in [9.17, 15) is 13.2 Å².